The van der Waals surface area contributed by atoms with Gasteiger partial charge in [0.25, 0.3) is 0 Å². The quantitative estimate of drug-likeness (QED) is 0.313. The number of piperidine rings is 1. The Balaban J connectivity index is 0.00000120. The summed E-state index contributed by atoms with van der Waals surface area (Å²) in [5, 5.41) is 0. The molecule has 4 aliphatic rings. The van der Waals surface area contributed by atoms with Gasteiger partial charge in [-0.05, 0) is 55.1 Å². The summed E-state index contributed by atoms with van der Waals surface area (Å²) in [6, 6.07) is 4.28. The lowest BCUT2D eigenvalue weighted by molar-refractivity contribution is -0.152. The maximum Gasteiger partial charge on any atom is 1.00 e. The Labute approximate surface area is 170 Å². The lowest BCUT2D eigenvalue weighted by Gasteiger charge is -2.56. The van der Waals surface area contributed by atoms with Crippen LogP contribution in [0.4, 0.5) is 0 Å². The molecule has 1 aromatic rings. The Kier molecular flexibility index (Phi) is 4.43. The van der Waals surface area contributed by atoms with Gasteiger partial charge in [-0.3, -0.25) is 9.59 Å². The summed E-state index contributed by atoms with van der Waals surface area (Å²) in [4.78, 5) is 25.7. The molecule has 0 aromatic heterocycles. The second-order valence-electron chi connectivity index (χ2n) is 8.09. The monoisotopic (exact) mass is 402 g/mol. The molecule has 150 valence electrons. The fraction of sp³-hybridized carbons (Fsp3) is 0.524. The summed E-state index contributed by atoms with van der Waals surface area (Å²) >= 11 is 0. The van der Waals surface area contributed by atoms with Crippen molar-refractivity contribution in [1.29, 1.82) is 0 Å². The highest BCUT2D eigenvalue weighted by Gasteiger charge is 2.65. The molecule has 0 amide bonds. The van der Waals surface area contributed by atoms with E-state index in [9.17, 15) is 9.59 Å². The van der Waals surface area contributed by atoms with E-state index in [1.807, 2.05) is 12.1 Å². The molecule has 1 spiro atoms. The first kappa shape index (κ1) is 19.2. The van der Waals surface area contributed by atoms with Crippen LogP contribution in [0.25, 0.3) is 0 Å². The van der Waals surface area contributed by atoms with Crippen molar-refractivity contribution in [2.75, 3.05) is 13.6 Å². The number of benzene rings is 1. The summed E-state index contributed by atoms with van der Waals surface area (Å²) in [5.41, 5.74) is 2.15. The number of hydrogen-bond donors (Lipinski definition) is 0. The van der Waals surface area contributed by atoms with E-state index in [4.69, 9.17) is 14.2 Å². The molecule has 0 unspecified atom stereocenters. The van der Waals surface area contributed by atoms with Crippen molar-refractivity contribution >= 4 is 22.9 Å². The molecule has 0 N–H and O–H groups in total. The van der Waals surface area contributed by atoms with Crippen LogP contribution in [0.15, 0.2) is 24.3 Å². The number of hydrogen-bond acceptors (Lipinski definition) is 6. The van der Waals surface area contributed by atoms with E-state index in [1.165, 1.54) is 19.4 Å². The molecular weight excluding hydrogens is 374 g/mol. The Morgan fingerprint density at radius 1 is 1.25 bits per heavy atom. The average Bonchev–Trinajstić information content (AvgIpc) is 2.95. The normalized spacial score (nSPS) is 34.0. The first-order valence-electron chi connectivity index (χ1n) is 9.49. The SMILES string of the molecule is CC(=O)Oc1ccc2c3c1O[C@H]1[C@@H](OC(C)=O)C=C[C@H]4[C@@H](C2)N(C)CC[C@@]341.[H+].[SiH4]. The number of carbonyl (C=O) groups excluding carboxylic acids is 2. The van der Waals surface area contributed by atoms with Gasteiger partial charge in [-0.1, -0.05) is 12.1 Å². The minimum absolute atomic E-state index is 0. The smallest absolute Gasteiger partial charge is 0.481 e. The fourth-order valence-corrected chi connectivity index (χ4v) is 5.74. The summed E-state index contributed by atoms with van der Waals surface area (Å²) in [5.74, 6) is 0.712. The number of ether oxygens (including phenoxy) is 3. The molecule has 5 atom stereocenters. The van der Waals surface area contributed by atoms with Crippen molar-refractivity contribution in [3.8, 4) is 11.5 Å². The molecule has 1 aromatic carbocycles. The number of likely N-dealkylation sites (N-methyl/N-ethyl adjacent to an activating group) is 1. The van der Waals surface area contributed by atoms with Crippen LogP contribution in [-0.4, -0.2) is 59.6 Å². The van der Waals surface area contributed by atoms with Crippen LogP contribution in [0.2, 0.25) is 0 Å². The van der Waals surface area contributed by atoms with E-state index in [0.29, 0.717) is 17.5 Å². The molecule has 1 saturated heterocycles. The largest absolute Gasteiger partial charge is 1.00 e. The van der Waals surface area contributed by atoms with Gasteiger partial charge < -0.3 is 19.1 Å². The van der Waals surface area contributed by atoms with Gasteiger partial charge in [0, 0.05) is 36.8 Å². The van der Waals surface area contributed by atoms with Crippen molar-refractivity contribution in [3.63, 3.8) is 0 Å². The van der Waals surface area contributed by atoms with E-state index >= 15 is 0 Å². The molecule has 7 heteroatoms. The van der Waals surface area contributed by atoms with Crippen LogP contribution in [0.1, 0.15) is 32.8 Å². The van der Waals surface area contributed by atoms with Crippen LogP contribution in [0.5, 0.6) is 11.5 Å². The minimum Gasteiger partial charge on any atom is -0.481 e. The summed E-state index contributed by atoms with van der Waals surface area (Å²) in [6.45, 7) is 3.77. The number of esters is 2. The highest BCUT2D eigenvalue weighted by atomic mass is 28.1. The summed E-state index contributed by atoms with van der Waals surface area (Å²) < 4.78 is 17.5. The zero-order chi connectivity index (χ0) is 18.9. The maximum absolute atomic E-state index is 11.7. The number of rotatable bonds is 2. The fourth-order valence-electron chi connectivity index (χ4n) is 5.74. The van der Waals surface area contributed by atoms with Gasteiger partial charge in [0.1, 0.15) is 6.10 Å². The van der Waals surface area contributed by atoms with E-state index in [1.54, 1.807) is 0 Å². The zero-order valence-electron chi connectivity index (χ0n) is 16.7. The van der Waals surface area contributed by atoms with Gasteiger partial charge >= 0.3 is 13.4 Å². The van der Waals surface area contributed by atoms with Crippen molar-refractivity contribution in [2.45, 2.75) is 50.4 Å². The second-order valence-corrected chi connectivity index (χ2v) is 8.09. The molecule has 2 bridgehead atoms. The predicted molar refractivity (Wildman–Crippen MR) is 109 cm³/mol. The van der Waals surface area contributed by atoms with Crippen LogP contribution in [0, 0.1) is 5.92 Å². The third-order valence-corrected chi connectivity index (χ3v) is 6.67. The molecular formula is C21H28NO5Si+. The van der Waals surface area contributed by atoms with Gasteiger partial charge in [0.15, 0.2) is 17.6 Å². The maximum atomic E-state index is 11.7. The Morgan fingerprint density at radius 2 is 2.04 bits per heavy atom. The van der Waals surface area contributed by atoms with Crippen molar-refractivity contribution < 1.29 is 25.2 Å². The van der Waals surface area contributed by atoms with E-state index < -0.39 is 6.10 Å². The van der Waals surface area contributed by atoms with Gasteiger partial charge in [0.2, 0.25) is 0 Å². The summed E-state index contributed by atoms with van der Waals surface area (Å²) in [7, 11) is 2.17. The topological polar surface area (TPSA) is 65.1 Å². The van der Waals surface area contributed by atoms with E-state index in [-0.39, 0.29) is 41.8 Å². The Bertz CT molecular complexity index is 890. The lowest BCUT2D eigenvalue weighted by atomic mass is 9.53. The Hall–Kier alpha value is -2.12. The second kappa shape index (κ2) is 6.45. The van der Waals surface area contributed by atoms with Crippen LogP contribution in [-0.2, 0) is 26.2 Å². The molecule has 2 aliphatic carbocycles. The molecule has 2 aliphatic heterocycles. The van der Waals surface area contributed by atoms with Crippen molar-refractivity contribution in [1.82, 2.24) is 4.90 Å². The van der Waals surface area contributed by atoms with Gasteiger partial charge in [-0.25, -0.2) is 0 Å². The average molecular weight is 403 g/mol. The highest BCUT2D eigenvalue weighted by Crippen LogP contribution is 2.62. The third-order valence-electron chi connectivity index (χ3n) is 6.67. The molecule has 2 heterocycles. The predicted octanol–water partition coefficient (Wildman–Crippen LogP) is 0.649. The molecule has 0 radical (unpaired) electrons. The highest BCUT2D eigenvalue weighted by molar-refractivity contribution is 5.75. The molecule has 28 heavy (non-hydrogen) atoms. The lowest BCUT2D eigenvalue weighted by Crippen LogP contribution is -2.65. The molecule has 0 saturated carbocycles. The van der Waals surface area contributed by atoms with Crippen LogP contribution < -0.4 is 9.47 Å². The van der Waals surface area contributed by atoms with Crippen LogP contribution >= 0.6 is 0 Å². The Morgan fingerprint density at radius 3 is 2.75 bits per heavy atom. The number of likely N-dealkylation sites (tertiary alicyclic amines) is 1. The number of nitrogens with zero attached hydrogens (tertiary/aromatic N) is 1. The standard InChI is InChI=1S/C21H23NO5.H4Si/c1-11(23)25-16-6-4-13-10-15-14-5-7-17(26-12(2)24)20-21(14,8-9-22(15)3)18(13)19(16)27-20;/h4-7,14-15,17,20H,8-10H2,1-3H3;1H4/p+1/t14-,15+,17-,20-,21-;/m0./s1. The van der Waals surface area contributed by atoms with E-state index in [0.717, 1.165) is 24.9 Å². The molecule has 5 rings (SSSR count). The summed E-state index contributed by atoms with van der Waals surface area (Å²) in [6.07, 6.45) is 5.31. The van der Waals surface area contributed by atoms with Crippen molar-refractivity contribution in [3.05, 3.63) is 35.4 Å². The molecule has 1 fully saturated rings. The minimum atomic E-state index is -0.439. The van der Waals surface area contributed by atoms with Gasteiger partial charge in [0.05, 0.1) is 0 Å². The third kappa shape index (κ3) is 2.42. The van der Waals surface area contributed by atoms with Crippen molar-refractivity contribution in [2.24, 2.45) is 5.92 Å². The first-order valence-corrected chi connectivity index (χ1v) is 9.49. The zero-order valence-corrected chi connectivity index (χ0v) is 15.7. The molecule has 6 nitrogen and oxygen atoms in total. The number of carbonyl (C=O) groups is 2. The van der Waals surface area contributed by atoms with Gasteiger partial charge in [-0.2, -0.15) is 0 Å². The van der Waals surface area contributed by atoms with E-state index in [2.05, 4.69) is 24.1 Å². The van der Waals surface area contributed by atoms with Crippen LogP contribution in [0.3, 0.4) is 0 Å². The first-order chi connectivity index (χ1) is 12.9. The van der Waals surface area contributed by atoms with Gasteiger partial charge in [-0.15, -0.1) is 0 Å².